The first kappa shape index (κ1) is 16.9. The van der Waals surface area contributed by atoms with Gasteiger partial charge in [0.1, 0.15) is 18.3 Å². The van der Waals surface area contributed by atoms with Crippen molar-refractivity contribution in [2.45, 2.75) is 40.8 Å². The fourth-order valence-electron chi connectivity index (χ4n) is 3.64. The third-order valence-corrected chi connectivity index (χ3v) is 5.66. The summed E-state index contributed by atoms with van der Waals surface area (Å²) in [4.78, 5) is 4.35. The van der Waals surface area contributed by atoms with Crippen LogP contribution in [0.3, 0.4) is 0 Å². The molecule has 3 rings (SSSR count). The molecule has 0 saturated heterocycles. The van der Waals surface area contributed by atoms with Crippen LogP contribution in [0.1, 0.15) is 40.3 Å². The van der Waals surface area contributed by atoms with E-state index in [0.717, 1.165) is 17.1 Å². The molecule has 0 saturated carbocycles. The highest BCUT2D eigenvalue weighted by atomic mass is 15.4. The van der Waals surface area contributed by atoms with Crippen molar-refractivity contribution in [3.8, 4) is 12.1 Å². The maximum Gasteiger partial charge on any atom is 0.103 e. The zero-order valence-corrected chi connectivity index (χ0v) is 15.6. The van der Waals surface area contributed by atoms with E-state index in [9.17, 15) is 10.5 Å². The number of hydrogen-bond donors (Lipinski definition) is 0. The van der Waals surface area contributed by atoms with Gasteiger partial charge in [-0.15, -0.1) is 0 Å². The molecule has 4 nitrogen and oxygen atoms in total. The van der Waals surface area contributed by atoms with E-state index in [1.807, 2.05) is 13.1 Å². The SMILES string of the molecule is Cc1cc(N2c3c(ccc(C#N)c3C#N)N(C)[C@@H]2C)c(C)c(C)c1C. The zero-order valence-electron chi connectivity index (χ0n) is 15.6. The number of rotatable bonds is 1. The molecule has 0 aliphatic carbocycles. The average molecular weight is 330 g/mol. The van der Waals surface area contributed by atoms with Gasteiger partial charge in [0.15, 0.2) is 0 Å². The Labute approximate surface area is 149 Å². The molecule has 0 unspecified atom stereocenters. The second kappa shape index (κ2) is 5.83. The lowest BCUT2D eigenvalue weighted by molar-refractivity contribution is 0.731. The summed E-state index contributed by atoms with van der Waals surface area (Å²) < 4.78 is 0. The third-order valence-electron chi connectivity index (χ3n) is 5.66. The monoisotopic (exact) mass is 330 g/mol. The van der Waals surface area contributed by atoms with Crippen LogP contribution >= 0.6 is 0 Å². The number of aryl methyl sites for hydroxylation is 1. The molecular weight excluding hydrogens is 308 g/mol. The largest absolute Gasteiger partial charge is 0.352 e. The minimum atomic E-state index is 0.0660. The molecule has 1 aliphatic rings. The minimum absolute atomic E-state index is 0.0660. The summed E-state index contributed by atoms with van der Waals surface area (Å²) in [5.41, 5.74) is 8.81. The van der Waals surface area contributed by atoms with Gasteiger partial charge in [0.2, 0.25) is 0 Å². The van der Waals surface area contributed by atoms with Crippen molar-refractivity contribution < 1.29 is 0 Å². The molecule has 0 radical (unpaired) electrons. The topological polar surface area (TPSA) is 54.1 Å². The van der Waals surface area contributed by atoms with Crippen molar-refractivity contribution >= 4 is 17.1 Å². The molecule has 126 valence electrons. The first-order valence-corrected chi connectivity index (χ1v) is 8.40. The Morgan fingerprint density at radius 1 is 0.920 bits per heavy atom. The molecule has 2 aromatic carbocycles. The number of hydrogen-bond acceptors (Lipinski definition) is 4. The summed E-state index contributed by atoms with van der Waals surface area (Å²) in [5.74, 6) is 0. The molecule has 1 atom stereocenters. The van der Waals surface area contributed by atoms with E-state index in [4.69, 9.17) is 0 Å². The molecular formula is C21H22N4. The van der Waals surface area contributed by atoms with Gasteiger partial charge in [-0.25, -0.2) is 0 Å². The summed E-state index contributed by atoms with van der Waals surface area (Å²) in [6, 6.07) is 10.3. The number of nitriles is 2. The van der Waals surface area contributed by atoms with Crippen LogP contribution in [0, 0.1) is 50.4 Å². The van der Waals surface area contributed by atoms with E-state index < -0.39 is 0 Å². The van der Waals surface area contributed by atoms with Crippen molar-refractivity contribution in [2.75, 3.05) is 16.8 Å². The standard InChI is InChI=1S/C21H22N4/c1-12-9-20(15(4)14(3)13(12)2)25-16(5)24(6)19-8-7-17(10-22)18(11-23)21(19)25/h7-9,16H,1-6H3/t16-/m0/s1. The summed E-state index contributed by atoms with van der Waals surface area (Å²) in [6.07, 6.45) is 0.0660. The highest BCUT2D eigenvalue weighted by Gasteiger charge is 2.36. The van der Waals surface area contributed by atoms with Crippen LogP contribution in [0.4, 0.5) is 17.1 Å². The quantitative estimate of drug-likeness (QED) is 0.767. The average Bonchev–Trinajstić information content (AvgIpc) is 2.86. The Kier molecular flexibility index (Phi) is 3.93. The Hall–Kier alpha value is -2.98. The second-order valence-electron chi connectivity index (χ2n) is 6.78. The Morgan fingerprint density at radius 2 is 1.60 bits per heavy atom. The molecule has 4 heteroatoms. The van der Waals surface area contributed by atoms with Gasteiger partial charge in [-0.2, -0.15) is 10.5 Å². The highest BCUT2D eigenvalue weighted by molar-refractivity contribution is 5.90. The van der Waals surface area contributed by atoms with Gasteiger partial charge < -0.3 is 9.80 Å². The van der Waals surface area contributed by atoms with E-state index in [-0.39, 0.29) is 6.17 Å². The lowest BCUT2D eigenvalue weighted by atomic mass is 9.96. The van der Waals surface area contributed by atoms with Gasteiger partial charge >= 0.3 is 0 Å². The normalized spacial score (nSPS) is 15.8. The summed E-state index contributed by atoms with van der Waals surface area (Å²) >= 11 is 0. The lowest BCUT2D eigenvalue weighted by Crippen LogP contribution is -2.36. The number of anilines is 3. The summed E-state index contributed by atoms with van der Waals surface area (Å²) in [5, 5.41) is 19.1. The summed E-state index contributed by atoms with van der Waals surface area (Å²) in [6.45, 7) is 10.7. The number of fused-ring (bicyclic) bond motifs is 1. The van der Waals surface area contributed by atoms with E-state index in [0.29, 0.717) is 11.1 Å². The molecule has 0 N–H and O–H groups in total. The predicted octanol–water partition coefficient (Wildman–Crippen LogP) is 4.60. The van der Waals surface area contributed by atoms with Gasteiger partial charge in [-0.05, 0) is 75.1 Å². The lowest BCUT2D eigenvalue weighted by Gasteiger charge is -2.30. The Balaban J connectivity index is 2.36. The van der Waals surface area contributed by atoms with E-state index in [2.05, 4.69) is 62.6 Å². The zero-order chi connectivity index (χ0) is 18.5. The molecule has 0 amide bonds. The van der Waals surface area contributed by atoms with Crippen molar-refractivity contribution in [2.24, 2.45) is 0 Å². The van der Waals surface area contributed by atoms with Crippen molar-refractivity contribution in [3.63, 3.8) is 0 Å². The molecule has 2 aromatic rings. The van der Waals surface area contributed by atoms with Crippen LogP contribution in [0.5, 0.6) is 0 Å². The van der Waals surface area contributed by atoms with Crippen LogP contribution < -0.4 is 9.80 Å². The van der Waals surface area contributed by atoms with E-state index >= 15 is 0 Å². The van der Waals surface area contributed by atoms with Crippen molar-refractivity contribution in [3.05, 3.63) is 51.6 Å². The first-order valence-electron chi connectivity index (χ1n) is 8.40. The Bertz CT molecular complexity index is 960. The van der Waals surface area contributed by atoms with Gasteiger partial charge in [-0.3, -0.25) is 0 Å². The number of nitrogens with zero attached hydrogens (tertiary/aromatic N) is 4. The maximum absolute atomic E-state index is 9.73. The smallest absolute Gasteiger partial charge is 0.103 e. The predicted molar refractivity (Wildman–Crippen MR) is 101 cm³/mol. The third kappa shape index (κ3) is 2.26. The maximum atomic E-state index is 9.73. The van der Waals surface area contributed by atoms with Crippen molar-refractivity contribution in [1.82, 2.24) is 0 Å². The van der Waals surface area contributed by atoms with Crippen LogP contribution in [-0.2, 0) is 0 Å². The van der Waals surface area contributed by atoms with Crippen LogP contribution in [0.15, 0.2) is 18.2 Å². The fourth-order valence-corrected chi connectivity index (χ4v) is 3.64. The van der Waals surface area contributed by atoms with Gasteiger partial charge in [0.05, 0.1) is 22.5 Å². The summed E-state index contributed by atoms with van der Waals surface area (Å²) in [7, 11) is 2.03. The van der Waals surface area contributed by atoms with Crippen LogP contribution in [0.2, 0.25) is 0 Å². The molecule has 0 aromatic heterocycles. The number of benzene rings is 2. The fraction of sp³-hybridized carbons (Fsp3) is 0.333. The second-order valence-corrected chi connectivity index (χ2v) is 6.78. The molecule has 1 heterocycles. The molecule has 0 spiro atoms. The van der Waals surface area contributed by atoms with E-state index in [1.54, 1.807) is 6.07 Å². The van der Waals surface area contributed by atoms with Crippen molar-refractivity contribution in [1.29, 1.82) is 10.5 Å². The van der Waals surface area contributed by atoms with Crippen LogP contribution in [-0.4, -0.2) is 13.2 Å². The van der Waals surface area contributed by atoms with Gasteiger partial charge in [0.25, 0.3) is 0 Å². The highest BCUT2D eigenvalue weighted by Crippen LogP contribution is 2.47. The van der Waals surface area contributed by atoms with E-state index in [1.165, 1.54) is 22.3 Å². The molecule has 0 fully saturated rings. The minimum Gasteiger partial charge on any atom is -0.352 e. The van der Waals surface area contributed by atoms with Crippen LogP contribution in [0.25, 0.3) is 0 Å². The van der Waals surface area contributed by atoms with Gasteiger partial charge in [0, 0.05) is 12.7 Å². The van der Waals surface area contributed by atoms with Gasteiger partial charge in [-0.1, -0.05) is 0 Å². The first-order chi connectivity index (χ1) is 11.8. The molecule has 1 aliphatic heterocycles. The Morgan fingerprint density at radius 3 is 2.20 bits per heavy atom. The molecule has 25 heavy (non-hydrogen) atoms. The molecule has 0 bridgehead atoms.